The molecule has 0 radical (unpaired) electrons. The van der Waals surface area contributed by atoms with E-state index in [-0.39, 0.29) is 18.0 Å². The van der Waals surface area contributed by atoms with Gasteiger partial charge in [-0.15, -0.1) is 0 Å². The predicted octanol–water partition coefficient (Wildman–Crippen LogP) is 1.97. The van der Waals surface area contributed by atoms with Crippen molar-refractivity contribution in [2.24, 2.45) is 0 Å². The van der Waals surface area contributed by atoms with E-state index in [4.69, 9.17) is 4.42 Å². The third-order valence-electron chi connectivity index (χ3n) is 3.35. The minimum Gasteiger partial charge on any atom is -0.404 e. The van der Waals surface area contributed by atoms with Gasteiger partial charge in [-0.3, -0.25) is 10.1 Å². The highest BCUT2D eigenvalue weighted by atomic mass is 16.6. The summed E-state index contributed by atoms with van der Waals surface area (Å²) in [5.74, 6) is 0.284. The van der Waals surface area contributed by atoms with Gasteiger partial charge in [-0.1, -0.05) is 19.3 Å². The van der Waals surface area contributed by atoms with Gasteiger partial charge >= 0.3 is 5.88 Å². The van der Waals surface area contributed by atoms with Crippen LogP contribution in [0.5, 0.6) is 0 Å². The van der Waals surface area contributed by atoms with E-state index in [0.29, 0.717) is 12.3 Å². The lowest BCUT2D eigenvalue weighted by Crippen LogP contribution is -2.38. The number of hydrogen-bond acceptors (Lipinski definition) is 5. The van der Waals surface area contributed by atoms with Gasteiger partial charge in [-0.05, 0) is 18.9 Å². The fraction of sp³-hybridized carbons (Fsp3) is 0.667. The maximum absolute atomic E-state index is 10.5. The molecular weight excluding hydrogens is 236 g/mol. The summed E-state index contributed by atoms with van der Waals surface area (Å²) in [5.41, 5.74) is 0. The van der Waals surface area contributed by atoms with Crippen molar-refractivity contribution >= 4 is 5.88 Å². The molecule has 2 N–H and O–H groups in total. The summed E-state index contributed by atoms with van der Waals surface area (Å²) in [4.78, 5) is 9.92. The summed E-state index contributed by atoms with van der Waals surface area (Å²) in [6.07, 6.45) is 4.73. The maximum Gasteiger partial charge on any atom is 0.433 e. The molecule has 0 spiro atoms. The molecule has 1 aromatic rings. The molecule has 100 valence electrons. The number of aliphatic hydroxyl groups excluding tert-OH is 1. The third-order valence-corrected chi connectivity index (χ3v) is 3.35. The molecule has 1 saturated carbocycles. The van der Waals surface area contributed by atoms with E-state index in [2.05, 4.69) is 5.32 Å². The van der Waals surface area contributed by atoms with Crippen LogP contribution < -0.4 is 5.32 Å². The van der Waals surface area contributed by atoms with Crippen molar-refractivity contribution in [3.63, 3.8) is 0 Å². The third kappa shape index (κ3) is 3.30. The summed E-state index contributed by atoms with van der Waals surface area (Å²) < 4.78 is 5.06. The van der Waals surface area contributed by atoms with Crippen LogP contribution >= 0.6 is 0 Å². The van der Waals surface area contributed by atoms with E-state index in [1.165, 1.54) is 6.07 Å². The molecule has 1 heterocycles. The molecule has 0 aromatic carbocycles. The Morgan fingerprint density at radius 2 is 2.17 bits per heavy atom. The highest BCUT2D eigenvalue weighted by Crippen LogP contribution is 2.19. The van der Waals surface area contributed by atoms with Gasteiger partial charge in [-0.2, -0.15) is 0 Å². The van der Waals surface area contributed by atoms with Gasteiger partial charge in [0.15, 0.2) is 0 Å². The lowest BCUT2D eigenvalue weighted by molar-refractivity contribution is -0.402. The fourth-order valence-corrected chi connectivity index (χ4v) is 2.32. The van der Waals surface area contributed by atoms with Crippen molar-refractivity contribution in [1.29, 1.82) is 0 Å². The molecule has 2 unspecified atom stereocenters. The van der Waals surface area contributed by atoms with E-state index in [9.17, 15) is 15.2 Å². The zero-order valence-corrected chi connectivity index (χ0v) is 10.2. The zero-order chi connectivity index (χ0) is 13.0. The SMILES string of the molecule is O=[N+]([O-])c1ccc(CNC2CCCCCC2O)o1. The molecule has 2 rings (SSSR count). The van der Waals surface area contributed by atoms with Gasteiger partial charge in [0.1, 0.15) is 10.7 Å². The van der Waals surface area contributed by atoms with E-state index in [0.717, 1.165) is 32.1 Å². The molecule has 1 aromatic heterocycles. The molecule has 0 saturated heterocycles. The highest BCUT2D eigenvalue weighted by Gasteiger charge is 2.21. The van der Waals surface area contributed by atoms with E-state index in [1.807, 2.05) is 0 Å². The van der Waals surface area contributed by atoms with Crippen molar-refractivity contribution in [2.75, 3.05) is 0 Å². The molecular formula is C12H18N2O4. The van der Waals surface area contributed by atoms with Crippen molar-refractivity contribution < 1.29 is 14.4 Å². The number of hydrogen-bond donors (Lipinski definition) is 2. The van der Waals surface area contributed by atoms with Crippen LogP contribution in [0.1, 0.15) is 37.9 Å². The number of aliphatic hydroxyl groups is 1. The first-order valence-electron chi connectivity index (χ1n) is 6.31. The number of furan rings is 1. The second-order valence-electron chi connectivity index (χ2n) is 4.69. The lowest BCUT2D eigenvalue weighted by Gasteiger charge is -2.21. The number of nitro groups is 1. The van der Waals surface area contributed by atoms with Crippen LogP contribution in [-0.4, -0.2) is 22.2 Å². The van der Waals surface area contributed by atoms with Crippen molar-refractivity contribution in [2.45, 2.75) is 50.8 Å². The lowest BCUT2D eigenvalue weighted by atomic mass is 10.1. The van der Waals surface area contributed by atoms with E-state index >= 15 is 0 Å². The first-order valence-corrected chi connectivity index (χ1v) is 6.31. The maximum atomic E-state index is 10.5. The Labute approximate surface area is 105 Å². The molecule has 6 nitrogen and oxygen atoms in total. The van der Waals surface area contributed by atoms with Crippen LogP contribution in [0.15, 0.2) is 16.5 Å². The standard InChI is InChI=1S/C12H18N2O4/c15-11-5-3-1-2-4-10(11)13-8-9-6-7-12(18-9)14(16)17/h6-7,10-11,13,15H,1-5,8H2. The molecule has 0 bridgehead atoms. The van der Waals surface area contributed by atoms with Crippen LogP contribution in [0.2, 0.25) is 0 Å². The number of nitrogens with one attached hydrogen (secondary N) is 1. The first kappa shape index (κ1) is 13.0. The topological polar surface area (TPSA) is 88.5 Å². The van der Waals surface area contributed by atoms with Crippen LogP contribution in [0, 0.1) is 10.1 Å². The van der Waals surface area contributed by atoms with Crippen molar-refractivity contribution in [3.05, 3.63) is 28.0 Å². The average molecular weight is 254 g/mol. The summed E-state index contributed by atoms with van der Waals surface area (Å²) in [6.45, 7) is 0.412. The second kappa shape index (κ2) is 5.97. The largest absolute Gasteiger partial charge is 0.433 e. The van der Waals surface area contributed by atoms with Crippen molar-refractivity contribution in [3.8, 4) is 0 Å². The summed E-state index contributed by atoms with van der Waals surface area (Å²) >= 11 is 0. The van der Waals surface area contributed by atoms with Gasteiger partial charge in [0.05, 0.1) is 18.7 Å². The second-order valence-corrected chi connectivity index (χ2v) is 4.69. The van der Waals surface area contributed by atoms with Crippen LogP contribution in [0.3, 0.4) is 0 Å². The highest BCUT2D eigenvalue weighted by molar-refractivity contribution is 5.17. The van der Waals surface area contributed by atoms with Crippen LogP contribution in [0.4, 0.5) is 5.88 Å². The molecule has 1 fully saturated rings. The zero-order valence-electron chi connectivity index (χ0n) is 10.2. The smallest absolute Gasteiger partial charge is 0.404 e. The average Bonchev–Trinajstić information content (AvgIpc) is 2.72. The fourth-order valence-electron chi connectivity index (χ4n) is 2.32. The number of rotatable bonds is 4. The molecule has 2 atom stereocenters. The van der Waals surface area contributed by atoms with E-state index in [1.54, 1.807) is 6.07 Å². The quantitative estimate of drug-likeness (QED) is 0.487. The molecule has 1 aliphatic carbocycles. The Kier molecular flexibility index (Phi) is 4.33. The Hall–Kier alpha value is -1.40. The predicted molar refractivity (Wildman–Crippen MR) is 65.1 cm³/mol. The molecule has 1 aliphatic rings. The normalized spacial score (nSPS) is 24.7. The number of nitrogens with zero attached hydrogens (tertiary/aromatic N) is 1. The van der Waals surface area contributed by atoms with Gasteiger partial charge in [0.2, 0.25) is 0 Å². The monoisotopic (exact) mass is 254 g/mol. The van der Waals surface area contributed by atoms with Gasteiger partial charge < -0.3 is 14.8 Å². The molecule has 6 heteroatoms. The Bertz CT molecular complexity index is 405. The van der Waals surface area contributed by atoms with Crippen LogP contribution in [0.25, 0.3) is 0 Å². The summed E-state index contributed by atoms with van der Waals surface area (Å²) in [5, 5.41) is 23.6. The van der Waals surface area contributed by atoms with Crippen LogP contribution in [-0.2, 0) is 6.54 Å². The van der Waals surface area contributed by atoms with E-state index < -0.39 is 4.92 Å². The Balaban J connectivity index is 1.87. The van der Waals surface area contributed by atoms with Gasteiger partial charge in [0, 0.05) is 6.04 Å². The summed E-state index contributed by atoms with van der Waals surface area (Å²) in [6, 6.07) is 2.99. The molecule has 18 heavy (non-hydrogen) atoms. The van der Waals surface area contributed by atoms with Crippen molar-refractivity contribution in [1.82, 2.24) is 5.32 Å². The minimum absolute atomic E-state index is 0.0525. The minimum atomic E-state index is -0.552. The van der Waals surface area contributed by atoms with Gasteiger partial charge in [-0.25, -0.2) is 0 Å². The molecule has 0 aliphatic heterocycles. The Morgan fingerprint density at radius 3 is 2.89 bits per heavy atom. The van der Waals surface area contributed by atoms with Gasteiger partial charge in [0.25, 0.3) is 0 Å². The Morgan fingerprint density at radius 1 is 1.39 bits per heavy atom. The molecule has 0 amide bonds. The summed E-state index contributed by atoms with van der Waals surface area (Å²) in [7, 11) is 0. The first-order chi connectivity index (χ1) is 8.66.